The molecule has 0 saturated carbocycles. The summed E-state index contributed by atoms with van der Waals surface area (Å²) >= 11 is 0. The predicted octanol–water partition coefficient (Wildman–Crippen LogP) is -8.35. The monoisotopic (exact) mass is 1400 g/mol. The van der Waals surface area contributed by atoms with E-state index < -0.39 is 169 Å². The van der Waals surface area contributed by atoms with Crippen LogP contribution in [-0.2, 0) is 68.7 Å². The van der Waals surface area contributed by atoms with Crippen molar-refractivity contribution in [3.05, 3.63) is 29.8 Å². The first-order valence-corrected chi connectivity index (χ1v) is 33.2. The van der Waals surface area contributed by atoms with E-state index >= 15 is 0 Å². The van der Waals surface area contributed by atoms with Crippen molar-refractivity contribution in [2.75, 3.05) is 45.8 Å². The van der Waals surface area contributed by atoms with E-state index in [-0.39, 0.29) is 114 Å². The molecular formula is C61H110N24O14. The minimum atomic E-state index is -1.67. The fourth-order valence-electron chi connectivity index (χ4n) is 9.86. The molecule has 1 rings (SSSR count). The first-order valence-electron chi connectivity index (χ1n) is 33.2. The van der Waals surface area contributed by atoms with E-state index in [1.54, 1.807) is 13.8 Å². The van der Waals surface area contributed by atoms with Crippen LogP contribution in [0.5, 0.6) is 5.75 Å². The quantitative estimate of drug-likeness (QED) is 0.0164. The number of unbranched alkanes of at least 4 members (excludes halogenated alkanes) is 4. The van der Waals surface area contributed by atoms with Crippen LogP contribution in [0, 0.1) is 5.92 Å². The van der Waals surface area contributed by atoms with Gasteiger partial charge in [0.15, 0.2) is 11.9 Å². The Hall–Kier alpha value is -9.53. The minimum absolute atomic E-state index is 0.0162. The number of guanidine groups is 2. The van der Waals surface area contributed by atoms with Gasteiger partial charge in [0, 0.05) is 25.9 Å². The van der Waals surface area contributed by atoms with Gasteiger partial charge < -0.3 is 127 Å². The zero-order valence-electron chi connectivity index (χ0n) is 56.8. The van der Waals surface area contributed by atoms with E-state index in [2.05, 4.69) is 63.2 Å². The maximum Gasteiger partial charge on any atom is 0.243 e. The number of hydrogen-bond donors (Lipinski definition) is 23. The van der Waals surface area contributed by atoms with E-state index in [4.69, 9.17) is 68.8 Å². The van der Waals surface area contributed by atoms with Crippen molar-refractivity contribution in [2.45, 2.75) is 203 Å². The SMILES string of the molecule is CC(C)[C@H](NC(=O)[C@H](CCCN=C(N)N)NC(=O)[C@H](CCC(N)=O)NC(=O)[C@H](CCCCN)NC(=O)[C@H](Cc1ccc(O)cc1)NC(=O)[C@H](CCCN=C(N)N)NC(=O)[C@H](CCCCN)NC(=O)CN)C(=O)N[C@@H](CCCCN)C(=O)N[C@@H](CC(N)=O)C(=O)N[C@@H](CCCCN)C(N)=O. The number of hydrogen-bond acceptors (Lipinski definition) is 21. The molecule has 0 heterocycles. The second kappa shape index (κ2) is 49.1. The van der Waals surface area contributed by atoms with Crippen LogP contribution >= 0.6 is 0 Å². The average Bonchev–Trinajstić information content (AvgIpc) is 0.868. The summed E-state index contributed by atoms with van der Waals surface area (Å²) in [5, 5.41) is 35.9. The molecule has 10 atom stereocenters. The molecule has 1 aromatic rings. The zero-order valence-corrected chi connectivity index (χ0v) is 56.8. The minimum Gasteiger partial charge on any atom is -0.508 e. The van der Waals surface area contributed by atoms with Crippen LogP contribution in [0.1, 0.15) is 141 Å². The van der Waals surface area contributed by atoms with Crippen LogP contribution in [0.3, 0.4) is 0 Å². The van der Waals surface area contributed by atoms with Crippen LogP contribution in [-0.4, -0.2) is 200 Å². The summed E-state index contributed by atoms with van der Waals surface area (Å²) in [6, 6.07) is -8.95. The Kier molecular flexibility index (Phi) is 43.3. The Bertz CT molecular complexity index is 2820. The van der Waals surface area contributed by atoms with Gasteiger partial charge in [-0.05, 0) is 159 Å². The van der Waals surface area contributed by atoms with Crippen molar-refractivity contribution < 1.29 is 67.4 Å². The summed E-state index contributed by atoms with van der Waals surface area (Å²) in [5.41, 5.74) is 67.5. The largest absolute Gasteiger partial charge is 0.508 e. The number of aromatic hydroxyl groups is 1. The molecule has 0 fully saturated rings. The molecule has 0 aliphatic heterocycles. The van der Waals surface area contributed by atoms with Crippen LogP contribution < -0.4 is 122 Å². The standard InChI is InChI=1S/C61H110N24O14/c1-34(2)49(59(99)82-40(16-6-10-28-65)53(93)84-45(32-47(68)88)58(98)77-37(50(69)90)13-3-7-25-62)85-56(96)42(18-12-30-75-61(72)73)79-55(95)43(23-24-46(67)87)81-52(92)39(15-5-9-27-64)80-57(97)44(31-35-19-21-36(86)22-20-35)83-54(94)41(17-11-29-74-60(70)71)78-51(91)38(14-4-8-26-63)76-48(89)33-66/h19-22,34,37-45,49,86H,3-18,23-33,62-66H2,1-2H3,(H2,67,87)(H2,68,88)(H2,69,90)(H,76,89)(H,77,98)(H,78,91)(H,79,95)(H,80,97)(H,81,92)(H,82,99)(H,83,94)(H,84,93)(H,85,96)(H4,70,71,74)(H4,72,73,75)/t37-,38-,39-,40-,41-,42-,43-,44-,45-,49-/m0/s1. The molecule has 0 saturated heterocycles. The maximum absolute atomic E-state index is 14.7. The summed E-state index contributed by atoms with van der Waals surface area (Å²) < 4.78 is 0. The van der Waals surface area contributed by atoms with Crippen molar-refractivity contribution in [2.24, 2.45) is 84.7 Å². The number of aliphatic imine (C=N–C) groups is 2. The molecule has 0 radical (unpaired) electrons. The Morgan fingerprint density at radius 2 is 0.697 bits per heavy atom. The van der Waals surface area contributed by atoms with Crippen LogP contribution in [0.25, 0.3) is 0 Å². The molecule has 0 aliphatic carbocycles. The number of nitrogens with one attached hydrogen (secondary N) is 10. The first kappa shape index (κ1) is 87.5. The number of phenolic OH excluding ortho intramolecular Hbond substituents is 1. The number of phenols is 1. The van der Waals surface area contributed by atoms with Gasteiger partial charge in [-0.15, -0.1) is 0 Å². The van der Waals surface area contributed by atoms with Crippen molar-refractivity contribution >= 4 is 88.7 Å². The Morgan fingerprint density at radius 1 is 0.374 bits per heavy atom. The number of primary amides is 3. The highest BCUT2D eigenvalue weighted by atomic mass is 16.3. The summed E-state index contributed by atoms with van der Waals surface area (Å²) in [5.74, 6) is -13.3. The number of nitrogens with zero attached hydrogens (tertiary/aromatic N) is 2. The van der Waals surface area contributed by atoms with E-state index in [0.717, 1.165) is 0 Å². The van der Waals surface area contributed by atoms with Crippen molar-refractivity contribution in [3.63, 3.8) is 0 Å². The van der Waals surface area contributed by atoms with Crippen molar-refractivity contribution in [1.29, 1.82) is 0 Å². The van der Waals surface area contributed by atoms with Gasteiger partial charge in [0.1, 0.15) is 66.2 Å². The molecule has 0 unspecified atom stereocenters. The highest BCUT2D eigenvalue weighted by Crippen LogP contribution is 2.15. The topological polar surface area (TPSA) is 699 Å². The molecule has 0 bridgehead atoms. The molecule has 35 N–H and O–H groups in total. The summed E-state index contributed by atoms with van der Waals surface area (Å²) in [6.07, 6.45) is 0.874. The number of rotatable bonds is 53. The van der Waals surface area contributed by atoms with E-state index in [1.165, 1.54) is 24.3 Å². The molecule has 13 amide bonds. The van der Waals surface area contributed by atoms with Crippen molar-refractivity contribution in [3.8, 4) is 5.75 Å². The highest BCUT2D eigenvalue weighted by Gasteiger charge is 2.37. The van der Waals surface area contributed by atoms with Crippen molar-refractivity contribution in [1.82, 2.24) is 53.2 Å². The Labute approximate surface area is 576 Å². The number of carbonyl (C=O) groups excluding carboxylic acids is 13. The maximum atomic E-state index is 14.7. The third-order valence-corrected chi connectivity index (χ3v) is 15.3. The predicted molar refractivity (Wildman–Crippen MR) is 368 cm³/mol. The Balaban J connectivity index is 3.85. The molecule has 38 heteroatoms. The molecule has 1 aromatic carbocycles. The lowest BCUT2D eigenvalue weighted by atomic mass is 10.00. The normalized spacial score (nSPS) is 14.0. The fraction of sp³-hybridized carbons (Fsp3) is 0.656. The fourth-order valence-corrected chi connectivity index (χ4v) is 9.86. The van der Waals surface area contributed by atoms with Crippen LogP contribution in [0.2, 0.25) is 0 Å². The molecule has 99 heavy (non-hydrogen) atoms. The molecular weight excluding hydrogens is 1290 g/mol. The van der Waals surface area contributed by atoms with Crippen LogP contribution in [0.15, 0.2) is 34.3 Å². The third kappa shape index (κ3) is 37.1. The summed E-state index contributed by atoms with van der Waals surface area (Å²) in [7, 11) is 0. The van der Waals surface area contributed by atoms with E-state index in [0.29, 0.717) is 57.2 Å². The zero-order chi connectivity index (χ0) is 74.6. The smallest absolute Gasteiger partial charge is 0.243 e. The second-order valence-electron chi connectivity index (χ2n) is 24.0. The lowest BCUT2D eigenvalue weighted by Crippen LogP contribution is -2.61. The molecule has 0 aromatic heterocycles. The molecule has 0 spiro atoms. The third-order valence-electron chi connectivity index (χ3n) is 15.3. The number of nitrogens with two attached hydrogens (primary N) is 12. The Morgan fingerprint density at radius 3 is 1.06 bits per heavy atom. The highest BCUT2D eigenvalue weighted by molar-refractivity contribution is 6.00. The van der Waals surface area contributed by atoms with Gasteiger partial charge >= 0.3 is 0 Å². The molecule has 0 aliphatic rings. The summed E-state index contributed by atoms with van der Waals surface area (Å²) in [6.45, 7) is 3.55. The van der Waals surface area contributed by atoms with Gasteiger partial charge in [-0.25, -0.2) is 0 Å². The first-order chi connectivity index (χ1) is 46.9. The van der Waals surface area contributed by atoms with Gasteiger partial charge in [0.25, 0.3) is 0 Å². The van der Waals surface area contributed by atoms with Gasteiger partial charge in [-0.3, -0.25) is 72.3 Å². The lowest BCUT2D eigenvalue weighted by molar-refractivity contribution is -0.137. The van der Waals surface area contributed by atoms with Crippen LogP contribution in [0.4, 0.5) is 0 Å². The van der Waals surface area contributed by atoms with E-state index in [1.807, 2.05) is 0 Å². The number of benzene rings is 1. The molecule has 558 valence electrons. The number of carbonyl (C=O) groups is 13. The second-order valence-corrected chi connectivity index (χ2v) is 24.0. The van der Waals surface area contributed by atoms with E-state index in [9.17, 15) is 67.4 Å². The van der Waals surface area contributed by atoms with Gasteiger partial charge in [0.05, 0.1) is 13.0 Å². The molecule has 38 nitrogen and oxygen atoms in total. The van der Waals surface area contributed by atoms with Gasteiger partial charge in [-0.1, -0.05) is 26.0 Å². The average molecular weight is 1400 g/mol. The summed E-state index contributed by atoms with van der Waals surface area (Å²) in [4.78, 5) is 186. The lowest BCUT2D eigenvalue weighted by Gasteiger charge is -2.29. The van der Waals surface area contributed by atoms with Gasteiger partial charge in [0.2, 0.25) is 76.8 Å². The number of amides is 13. The van der Waals surface area contributed by atoms with Gasteiger partial charge in [-0.2, -0.15) is 0 Å².